The second-order valence-corrected chi connectivity index (χ2v) is 7.65. The topological polar surface area (TPSA) is 51.3 Å². The number of aryl methyl sites for hydroxylation is 2. The maximum absolute atomic E-state index is 13.2. The van der Waals surface area contributed by atoms with E-state index in [1.165, 1.54) is 13.3 Å². The molecule has 0 aliphatic rings. The number of esters is 1. The van der Waals surface area contributed by atoms with Crippen LogP contribution in [0, 0.1) is 6.92 Å². The van der Waals surface area contributed by atoms with Crippen LogP contribution in [-0.4, -0.2) is 34.3 Å². The van der Waals surface area contributed by atoms with Crippen LogP contribution in [-0.2, 0) is 16.1 Å². The van der Waals surface area contributed by atoms with Crippen molar-refractivity contribution >= 4 is 45.6 Å². The SMILES string of the molecule is CCn1c2ccc(C(=O)c3ccccc3C)cc2c2cc([N+](C)=COC(C)=O)ccc21. The summed E-state index contributed by atoms with van der Waals surface area (Å²) in [5.74, 6) is -0.344. The van der Waals surface area contributed by atoms with Crippen molar-refractivity contribution in [2.24, 2.45) is 0 Å². The van der Waals surface area contributed by atoms with E-state index in [4.69, 9.17) is 4.74 Å². The molecule has 0 aliphatic carbocycles. The van der Waals surface area contributed by atoms with Crippen LogP contribution in [0.15, 0.2) is 60.7 Å². The van der Waals surface area contributed by atoms with Gasteiger partial charge in [0, 0.05) is 58.5 Å². The summed E-state index contributed by atoms with van der Waals surface area (Å²) in [7, 11) is 1.83. The Morgan fingerprint density at radius 3 is 2.35 bits per heavy atom. The van der Waals surface area contributed by atoms with Gasteiger partial charge in [-0.2, -0.15) is 4.58 Å². The molecule has 156 valence electrons. The first-order chi connectivity index (χ1) is 14.9. The summed E-state index contributed by atoms with van der Waals surface area (Å²) in [6.45, 7) is 6.26. The molecule has 5 nitrogen and oxygen atoms in total. The summed E-state index contributed by atoms with van der Waals surface area (Å²) in [5, 5.41) is 2.08. The van der Waals surface area contributed by atoms with Crippen LogP contribution in [0.1, 0.15) is 35.3 Å². The van der Waals surface area contributed by atoms with E-state index in [9.17, 15) is 9.59 Å². The lowest BCUT2D eigenvalue weighted by Crippen LogP contribution is -2.06. The fourth-order valence-electron chi connectivity index (χ4n) is 3.99. The van der Waals surface area contributed by atoms with E-state index < -0.39 is 0 Å². The Bertz CT molecular complexity index is 1360. The van der Waals surface area contributed by atoms with Crippen molar-refractivity contribution in [1.82, 2.24) is 4.57 Å². The summed E-state index contributed by atoms with van der Waals surface area (Å²) < 4.78 is 9.01. The molecule has 0 N–H and O–H groups in total. The summed E-state index contributed by atoms with van der Waals surface area (Å²) >= 11 is 0. The molecule has 1 heterocycles. The highest BCUT2D eigenvalue weighted by molar-refractivity contribution is 6.15. The Hall–Kier alpha value is -3.73. The van der Waals surface area contributed by atoms with Crippen molar-refractivity contribution in [1.29, 1.82) is 0 Å². The lowest BCUT2D eigenvalue weighted by atomic mass is 9.98. The van der Waals surface area contributed by atoms with E-state index in [0.717, 1.165) is 45.2 Å². The van der Waals surface area contributed by atoms with E-state index in [0.29, 0.717) is 5.56 Å². The number of carbonyl (C=O) groups is 2. The fraction of sp³-hybridized carbons (Fsp3) is 0.192. The minimum Gasteiger partial charge on any atom is -0.377 e. The second kappa shape index (κ2) is 8.19. The van der Waals surface area contributed by atoms with Crippen LogP contribution in [0.2, 0.25) is 0 Å². The number of hydrogen-bond donors (Lipinski definition) is 0. The van der Waals surface area contributed by atoms with Crippen LogP contribution in [0.5, 0.6) is 0 Å². The van der Waals surface area contributed by atoms with Crippen LogP contribution in [0.4, 0.5) is 5.69 Å². The molecule has 31 heavy (non-hydrogen) atoms. The Morgan fingerprint density at radius 2 is 1.68 bits per heavy atom. The highest BCUT2D eigenvalue weighted by atomic mass is 16.5. The molecule has 0 atom stereocenters. The quantitative estimate of drug-likeness (QED) is 0.148. The lowest BCUT2D eigenvalue weighted by molar-refractivity contribution is -0.408. The zero-order valence-corrected chi connectivity index (χ0v) is 18.2. The van der Waals surface area contributed by atoms with Gasteiger partial charge in [0.15, 0.2) is 5.78 Å². The zero-order valence-electron chi connectivity index (χ0n) is 18.2. The highest BCUT2D eigenvalue weighted by Gasteiger charge is 2.17. The van der Waals surface area contributed by atoms with Gasteiger partial charge in [0.1, 0.15) is 7.05 Å². The van der Waals surface area contributed by atoms with Gasteiger partial charge in [0.2, 0.25) is 5.69 Å². The van der Waals surface area contributed by atoms with Gasteiger partial charge in [-0.05, 0) is 43.7 Å². The van der Waals surface area contributed by atoms with Gasteiger partial charge in [-0.25, -0.2) is 0 Å². The van der Waals surface area contributed by atoms with Gasteiger partial charge in [0.25, 0.3) is 0 Å². The minimum atomic E-state index is -0.366. The number of fused-ring (bicyclic) bond motifs is 3. The van der Waals surface area contributed by atoms with Gasteiger partial charge in [-0.15, -0.1) is 0 Å². The second-order valence-electron chi connectivity index (χ2n) is 7.65. The number of carbonyl (C=O) groups excluding carboxylic acids is 2. The number of nitrogens with zero attached hydrogens (tertiary/aromatic N) is 2. The predicted molar refractivity (Wildman–Crippen MR) is 123 cm³/mol. The molecule has 0 spiro atoms. The molecule has 0 fully saturated rings. The molecule has 3 aromatic carbocycles. The molecule has 4 aromatic rings. The van der Waals surface area contributed by atoms with Crippen molar-refractivity contribution < 1.29 is 18.9 Å². The maximum atomic E-state index is 13.2. The van der Waals surface area contributed by atoms with Gasteiger partial charge in [-0.3, -0.25) is 9.59 Å². The number of rotatable bonds is 5. The third-order valence-electron chi connectivity index (χ3n) is 5.60. The first kappa shape index (κ1) is 20.5. The van der Waals surface area contributed by atoms with E-state index in [1.807, 2.05) is 62.5 Å². The molecular formula is C26H25N2O3+. The third-order valence-corrected chi connectivity index (χ3v) is 5.60. The summed E-state index contributed by atoms with van der Waals surface area (Å²) in [6, 6.07) is 19.7. The molecule has 0 aliphatic heterocycles. The zero-order chi connectivity index (χ0) is 22.1. The predicted octanol–water partition coefficient (Wildman–Crippen LogP) is 5.22. The normalized spacial score (nSPS) is 11.8. The Labute approximate surface area is 181 Å². The summed E-state index contributed by atoms with van der Waals surface area (Å²) in [4.78, 5) is 24.3. The van der Waals surface area contributed by atoms with Crippen LogP contribution < -0.4 is 0 Å². The van der Waals surface area contributed by atoms with E-state index in [1.54, 1.807) is 4.58 Å². The van der Waals surface area contributed by atoms with Crippen molar-refractivity contribution in [3.63, 3.8) is 0 Å². The van der Waals surface area contributed by atoms with Crippen molar-refractivity contribution in [3.8, 4) is 0 Å². The average Bonchev–Trinajstić information content (AvgIpc) is 3.09. The molecule has 1 aromatic heterocycles. The van der Waals surface area contributed by atoms with Crippen molar-refractivity contribution in [3.05, 3.63) is 77.4 Å². The number of benzene rings is 3. The van der Waals surface area contributed by atoms with Gasteiger partial charge in [-0.1, -0.05) is 24.3 Å². The molecule has 0 saturated carbocycles. The van der Waals surface area contributed by atoms with Crippen molar-refractivity contribution in [2.75, 3.05) is 7.05 Å². The van der Waals surface area contributed by atoms with E-state index in [2.05, 4.69) is 23.6 Å². The third kappa shape index (κ3) is 3.75. The van der Waals surface area contributed by atoms with E-state index in [-0.39, 0.29) is 11.8 Å². The van der Waals surface area contributed by atoms with Gasteiger partial charge in [0.05, 0.1) is 0 Å². The maximum Gasteiger partial charge on any atom is 0.337 e. The molecule has 0 saturated heterocycles. The number of ether oxygens (including phenoxy) is 1. The number of hydrogen-bond acceptors (Lipinski definition) is 3. The smallest absolute Gasteiger partial charge is 0.337 e. The molecule has 0 unspecified atom stereocenters. The molecular weight excluding hydrogens is 388 g/mol. The Morgan fingerprint density at radius 1 is 1.00 bits per heavy atom. The highest BCUT2D eigenvalue weighted by Crippen LogP contribution is 2.33. The molecule has 0 amide bonds. The molecule has 4 rings (SSSR count). The largest absolute Gasteiger partial charge is 0.377 e. The van der Waals surface area contributed by atoms with E-state index >= 15 is 0 Å². The van der Waals surface area contributed by atoms with Crippen LogP contribution >= 0.6 is 0 Å². The monoisotopic (exact) mass is 413 g/mol. The first-order valence-corrected chi connectivity index (χ1v) is 10.3. The molecule has 0 radical (unpaired) electrons. The van der Waals surface area contributed by atoms with Crippen LogP contribution in [0.3, 0.4) is 0 Å². The van der Waals surface area contributed by atoms with Crippen molar-refractivity contribution in [2.45, 2.75) is 27.3 Å². The summed E-state index contributed by atoms with van der Waals surface area (Å²) in [5.41, 5.74) is 5.43. The Kier molecular flexibility index (Phi) is 5.42. The lowest BCUT2D eigenvalue weighted by Gasteiger charge is -2.06. The van der Waals surface area contributed by atoms with Gasteiger partial charge < -0.3 is 9.30 Å². The number of ketones is 1. The fourth-order valence-corrected chi connectivity index (χ4v) is 3.99. The van der Waals surface area contributed by atoms with Crippen LogP contribution in [0.25, 0.3) is 21.8 Å². The molecule has 0 bridgehead atoms. The first-order valence-electron chi connectivity index (χ1n) is 10.3. The molecule has 5 heteroatoms. The number of aromatic nitrogens is 1. The summed E-state index contributed by atoms with van der Waals surface area (Å²) in [6.07, 6.45) is 1.40. The van der Waals surface area contributed by atoms with Gasteiger partial charge >= 0.3 is 12.4 Å². The average molecular weight is 413 g/mol. The Balaban J connectivity index is 1.89. The minimum absolute atomic E-state index is 0.0221. The standard InChI is InChI=1S/C26H25N2O3/c1-5-28-24-12-10-19(26(30)21-9-7-6-8-17(21)2)14-22(24)23-15-20(11-13-25(23)28)27(4)16-31-18(3)29/h6-16H,5H2,1-4H3/q+1.